The molecule has 1 aliphatic heterocycles. The zero-order valence-electron chi connectivity index (χ0n) is 17.0. The van der Waals surface area contributed by atoms with Gasteiger partial charge < -0.3 is 10.6 Å². The lowest BCUT2D eigenvalue weighted by Gasteiger charge is -2.22. The Hall–Kier alpha value is -0.830. The first-order chi connectivity index (χ1) is 12.3. The highest BCUT2D eigenvalue weighted by molar-refractivity contribution is 5.94. The highest BCUT2D eigenvalue weighted by atomic mass is 15.3. The molecule has 0 amide bonds. The summed E-state index contributed by atoms with van der Waals surface area (Å²) in [5, 5.41) is 0. The number of hydrogen-bond donors (Lipinski definition) is 1. The molecule has 0 radical (unpaired) electrons. The molecule has 0 aromatic heterocycles. The molecule has 2 N–H and O–H groups in total. The summed E-state index contributed by atoms with van der Waals surface area (Å²) < 4.78 is 0. The minimum absolute atomic E-state index is 0.0715. The van der Waals surface area contributed by atoms with Crippen molar-refractivity contribution in [3.05, 3.63) is 12.2 Å². The number of aliphatic imine (C=N–C) groups is 1. The van der Waals surface area contributed by atoms with E-state index in [1.165, 1.54) is 89.9 Å². The van der Waals surface area contributed by atoms with E-state index in [0.29, 0.717) is 0 Å². The molecule has 0 aromatic rings. The van der Waals surface area contributed by atoms with Gasteiger partial charge in [-0.2, -0.15) is 0 Å². The Morgan fingerprint density at radius 1 is 0.920 bits per heavy atom. The van der Waals surface area contributed by atoms with Crippen molar-refractivity contribution in [3.63, 3.8) is 0 Å². The summed E-state index contributed by atoms with van der Waals surface area (Å²) in [5.74, 6) is 1.07. The van der Waals surface area contributed by atoms with Gasteiger partial charge in [0, 0.05) is 6.54 Å². The van der Waals surface area contributed by atoms with Gasteiger partial charge in [0.25, 0.3) is 0 Å². The number of allylic oxidation sites excluding steroid dienone is 1. The number of nitrogens with two attached hydrogens (primary N) is 1. The van der Waals surface area contributed by atoms with Crippen molar-refractivity contribution in [1.82, 2.24) is 4.90 Å². The minimum atomic E-state index is 0.0715. The van der Waals surface area contributed by atoms with Gasteiger partial charge in [0.2, 0.25) is 0 Å². The summed E-state index contributed by atoms with van der Waals surface area (Å²) in [7, 11) is 0. The molecule has 0 bridgehead atoms. The average molecular weight is 350 g/mol. The minimum Gasteiger partial charge on any atom is -0.340 e. The Morgan fingerprint density at radius 3 is 1.96 bits per heavy atom. The molecule has 0 aliphatic carbocycles. The Morgan fingerprint density at radius 2 is 1.44 bits per heavy atom. The van der Waals surface area contributed by atoms with Gasteiger partial charge in [-0.05, 0) is 25.8 Å². The summed E-state index contributed by atoms with van der Waals surface area (Å²) in [6.07, 6.45) is 24.1. The van der Waals surface area contributed by atoms with Crippen LogP contribution in [0, 0.1) is 0 Å². The number of hydrogen-bond acceptors (Lipinski definition) is 3. The van der Waals surface area contributed by atoms with Crippen LogP contribution in [0.5, 0.6) is 0 Å². The van der Waals surface area contributed by atoms with Crippen LogP contribution in [0.1, 0.15) is 104 Å². The number of unbranched alkanes of at least 4 members (excludes halogenated alkanes) is 13. The molecule has 0 saturated carbocycles. The largest absolute Gasteiger partial charge is 0.340 e. The standard InChI is InChI=1S/C22H43N3/c1-3-4-5-6-7-8-9-10-11-12-13-14-15-16-17-18-22-24-19-20-25(22)21(2)23/h17-18,21H,3-16,19-20,23H2,1-2H3/b18-17+. The summed E-state index contributed by atoms with van der Waals surface area (Å²) in [6, 6.07) is 0. The molecule has 25 heavy (non-hydrogen) atoms. The third-order valence-corrected chi connectivity index (χ3v) is 5.14. The van der Waals surface area contributed by atoms with Gasteiger partial charge in [0.15, 0.2) is 0 Å². The van der Waals surface area contributed by atoms with Crippen LogP contribution in [-0.2, 0) is 0 Å². The van der Waals surface area contributed by atoms with Gasteiger partial charge in [0.05, 0.1) is 12.7 Å². The van der Waals surface area contributed by atoms with Crippen molar-refractivity contribution < 1.29 is 0 Å². The zero-order valence-corrected chi connectivity index (χ0v) is 17.0. The van der Waals surface area contributed by atoms with Crippen LogP contribution in [0.3, 0.4) is 0 Å². The van der Waals surface area contributed by atoms with E-state index in [-0.39, 0.29) is 6.17 Å². The van der Waals surface area contributed by atoms with Crippen LogP contribution in [0.15, 0.2) is 17.1 Å². The normalized spacial score (nSPS) is 16.0. The summed E-state index contributed by atoms with van der Waals surface area (Å²) in [5.41, 5.74) is 5.96. The maximum absolute atomic E-state index is 5.96. The van der Waals surface area contributed by atoms with Crippen LogP contribution >= 0.6 is 0 Å². The molecular formula is C22H43N3. The molecule has 3 nitrogen and oxygen atoms in total. The van der Waals surface area contributed by atoms with Crippen molar-refractivity contribution >= 4 is 5.84 Å². The van der Waals surface area contributed by atoms with Crippen molar-refractivity contribution in [1.29, 1.82) is 0 Å². The Kier molecular flexibility index (Phi) is 13.7. The Balaban J connectivity index is 1.84. The van der Waals surface area contributed by atoms with Gasteiger partial charge in [0.1, 0.15) is 5.84 Å². The van der Waals surface area contributed by atoms with Gasteiger partial charge >= 0.3 is 0 Å². The number of amidine groups is 1. The second-order valence-electron chi connectivity index (χ2n) is 7.61. The molecule has 0 spiro atoms. The van der Waals surface area contributed by atoms with E-state index in [1.54, 1.807) is 0 Å². The third kappa shape index (κ3) is 11.4. The van der Waals surface area contributed by atoms with Gasteiger partial charge in [-0.25, -0.2) is 0 Å². The summed E-state index contributed by atoms with van der Waals surface area (Å²) in [6.45, 7) is 6.17. The van der Waals surface area contributed by atoms with E-state index < -0.39 is 0 Å². The lowest BCUT2D eigenvalue weighted by Crippen LogP contribution is -2.41. The zero-order chi connectivity index (χ0) is 18.2. The van der Waals surface area contributed by atoms with Crippen LogP contribution in [0.4, 0.5) is 0 Å². The maximum atomic E-state index is 5.96. The molecule has 146 valence electrons. The van der Waals surface area contributed by atoms with Gasteiger partial charge in [-0.1, -0.05) is 90.0 Å². The molecular weight excluding hydrogens is 306 g/mol. The van der Waals surface area contributed by atoms with Gasteiger partial charge in [-0.15, -0.1) is 0 Å². The first-order valence-electron chi connectivity index (χ1n) is 11.0. The summed E-state index contributed by atoms with van der Waals surface area (Å²) in [4.78, 5) is 6.70. The predicted octanol–water partition coefficient (Wildman–Crippen LogP) is 6.04. The summed E-state index contributed by atoms with van der Waals surface area (Å²) >= 11 is 0. The molecule has 3 heteroatoms. The lowest BCUT2D eigenvalue weighted by atomic mass is 10.0. The van der Waals surface area contributed by atoms with Crippen molar-refractivity contribution in [2.45, 2.75) is 110 Å². The molecule has 1 unspecified atom stereocenters. The fourth-order valence-corrected chi connectivity index (χ4v) is 3.51. The predicted molar refractivity (Wildman–Crippen MR) is 112 cm³/mol. The lowest BCUT2D eigenvalue weighted by molar-refractivity contribution is 0.367. The van der Waals surface area contributed by atoms with Crippen LogP contribution in [0.25, 0.3) is 0 Å². The van der Waals surface area contributed by atoms with Crippen LogP contribution in [-0.4, -0.2) is 30.0 Å². The van der Waals surface area contributed by atoms with E-state index in [0.717, 1.165) is 18.9 Å². The average Bonchev–Trinajstić information content (AvgIpc) is 3.07. The number of rotatable bonds is 16. The van der Waals surface area contributed by atoms with E-state index in [1.807, 2.05) is 6.92 Å². The molecule has 1 rings (SSSR count). The molecule has 0 saturated heterocycles. The van der Waals surface area contributed by atoms with Crippen molar-refractivity contribution in [3.8, 4) is 0 Å². The molecule has 1 atom stereocenters. The van der Waals surface area contributed by atoms with E-state index in [4.69, 9.17) is 5.73 Å². The fraction of sp³-hybridized carbons (Fsp3) is 0.864. The Labute approximate surface area is 157 Å². The smallest absolute Gasteiger partial charge is 0.124 e. The Bertz CT molecular complexity index is 360. The highest BCUT2D eigenvalue weighted by Gasteiger charge is 2.16. The van der Waals surface area contributed by atoms with E-state index in [9.17, 15) is 0 Å². The molecule has 0 fully saturated rings. The van der Waals surface area contributed by atoms with Crippen LogP contribution < -0.4 is 5.73 Å². The maximum Gasteiger partial charge on any atom is 0.124 e. The topological polar surface area (TPSA) is 41.6 Å². The molecule has 1 aliphatic rings. The monoisotopic (exact) mass is 349 g/mol. The molecule has 0 aromatic carbocycles. The van der Waals surface area contributed by atoms with E-state index in [2.05, 4.69) is 29.0 Å². The quantitative estimate of drug-likeness (QED) is 0.345. The highest BCUT2D eigenvalue weighted by Crippen LogP contribution is 2.13. The van der Waals surface area contributed by atoms with Crippen LogP contribution in [0.2, 0.25) is 0 Å². The fourth-order valence-electron chi connectivity index (χ4n) is 3.51. The second-order valence-corrected chi connectivity index (χ2v) is 7.61. The van der Waals surface area contributed by atoms with Crippen molar-refractivity contribution in [2.24, 2.45) is 10.7 Å². The SMILES string of the molecule is CCCCCCCCCCCCCCC/C=C/C1=NCCN1C(C)N. The van der Waals surface area contributed by atoms with E-state index >= 15 is 0 Å². The molecule has 1 heterocycles. The number of nitrogens with zero attached hydrogens (tertiary/aromatic N) is 2. The second kappa shape index (κ2) is 15.4. The first kappa shape index (κ1) is 22.2. The van der Waals surface area contributed by atoms with Gasteiger partial charge in [-0.3, -0.25) is 4.99 Å². The van der Waals surface area contributed by atoms with Crippen molar-refractivity contribution in [2.75, 3.05) is 13.1 Å². The first-order valence-corrected chi connectivity index (χ1v) is 11.0. The third-order valence-electron chi connectivity index (χ3n) is 5.14.